The van der Waals surface area contributed by atoms with Crippen LogP contribution in [0.3, 0.4) is 0 Å². The fourth-order valence-corrected chi connectivity index (χ4v) is 3.07. The summed E-state index contributed by atoms with van der Waals surface area (Å²) in [5.74, 6) is 0.101. The van der Waals surface area contributed by atoms with Gasteiger partial charge in [-0.2, -0.15) is 0 Å². The molecule has 8 nitrogen and oxygen atoms in total. The zero-order chi connectivity index (χ0) is 17.3. The highest BCUT2D eigenvalue weighted by Crippen LogP contribution is 2.36. The van der Waals surface area contributed by atoms with Gasteiger partial charge in [0.25, 0.3) is 11.5 Å². The fraction of sp³-hybridized carbons (Fsp3) is 0.312. The number of aryl methyl sites for hydroxylation is 1. The van der Waals surface area contributed by atoms with E-state index in [-0.39, 0.29) is 17.4 Å². The molecule has 0 fully saturated rings. The molecule has 0 radical (unpaired) electrons. The van der Waals surface area contributed by atoms with Crippen LogP contribution in [0.2, 0.25) is 0 Å². The summed E-state index contributed by atoms with van der Waals surface area (Å²) < 4.78 is 5.40. The molecule has 0 bridgehead atoms. The van der Waals surface area contributed by atoms with Crippen LogP contribution in [-0.4, -0.2) is 23.0 Å². The molecule has 1 aliphatic rings. The van der Waals surface area contributed by atoms with E-state index in [2.05, 4.69) is 10.3 Å². The number of nitrogen functional groups attached to an aromatic ring is 1. The van der Waals surface area contributed by atoms with E-state index in [0.29, 0.717) is 5.75 Å². The van der Waals surface area contributed by atoms with E-state index in [0.717, 1.165) is 30.4 Å². The van der Waals surface area contributed by atoms with Crippen molar-refractivity contribution in [2.45, 2.75) is 25.3 Å². The lowest BCUT2D eigenvalue weighted by Gasteiger charge is -2.28. The maximum Gasteiger partial charge on any atom is 0.326 e. The number of anilines is 1. The molecule has 24 heavy (non-hydrogen) atoms. The highest BCUT2D eigenvalue weighted by molar-refractivity contribution is 5.97. The van der Waals surface area contributed by atoms with Crippen molar-refractivity contribution in [2.75, 3.05) is 12.8 Å². The number of aromatic amines is 2. The van der Waals surface area contributed by atoms with Crippen LogP contribution >= 0.6 is 0 Å². The van der Waals surface area contributed by atoms with Gasteiger partial charge in [-0.3, -0.25) is 14.6 Å². The van der Waals surface area contributed by atoms with E-state index in [4.69, 9.17) is 10.5 Å². The third kappa shape index (κ3) is 2.78. The number of rotatable bonds is 3. The number of nitrogens with one attached hydrogen (secondary N) is 3. The highest BCUT2D eigenvalue weighted by atomic mass is 16.5. The monoisotopic (exact) mass is 330 g/mol. The summed E-state index contributed by atoms with van der Waals surface area (Å²) in [7, 11) is 1.58. The lowest BCUT2D eigenvalue weighted by Crippen LogP contribution is -2.36. The summed E-state index contributed by atoms with van der Waals surface area (Å²) in [6.45, 7) is 0. The van der Waals surface area contributed by atoms with E-state index < -0.39 is 17.2 Å². The number of carbonyl (C=O) groups excluding carboxylic acids is 1. The molecule has 1 aliphatic carbocycles. The van der Waals surface area contributed by atoms with Crippen LogP contribution in [0.5, 0.6) is 5.75 Å². The third-order valence-electron chi connectivity index (χ3n) is 4.18. The second-order valence-corrected chi connectivity index (χ2v) is 5.65. The Balaban J connectivity index is 1.95. The second kappa shape index (κ2) is 6.23. The SMILES string of the molecule is COc1cccc2c1C(NC(=O)c1[nH]c(=O)[nH]c(=O)c1N)CCC2. The molecule has 1 aromatic heterocycles. The molecule has 126 valence electrons. The number of nitrogens with two attached hydrogens (primary N) is 1. The Morgan fingerprint density at radius 3 is 2.88 bits per heavy atom. The Morgan fingerprint density at radius 2 is 2.12 bits per heavy atom. The van der Waals surface area contributed by atoms with Gasteiger partial charge in [-0.25, -0.2) is 4.79 Å². The number of ether oxygens (including phenoxy) is 1. The molecule has 1 atom stereocenters. The molecule has 5 N–H and O–H groups in total. The predicted molar refractivity (Wildman–Crippen MR) is 88.2 cm³/mol. The molecule has 3 rings (SSSR count). The maximum absolute atomic E-state index is 12.5. The van der Waals surface area contributed by atoms with Gasteiger partial charge in [-0.05, 0) is 30.9 Å². The minimum Gasteiger partial charge on any atom is -0.496 e. The van der Waals surface area contributed by atoms with E-state index >= 15 is 0 Å². The summed E-state index contributed by atoms with van der Waals surface area (Å²) in [6, 6.07) is 5.47. The van der Waals surface area contributed by atoms with Crippen molar-refractivity contribution >= 4 is 11.6 Å². The van der Waals surface area contributed by atoms with Gasteiger partial charge in [0.1, 0.15) is 17.1 Å². The molecule has 2 aromatic rings. The molecular weight excluding hydrogens is 312 g/mol. The molecule has 1 amide bonds. The summed E-state index contributed by atoms with van der Waals surface area (Å²) in [6.07, 6.45) is 2.54. The van der Waals surface area contributed by atoms with Crippen LogP contribution in [0.25, 0.3) is 0 Å². The standard InChI is InChI=1S/C16H18N4O4/c1-24-10-7-3-5-8-4-2-6-9(11(8)10)18-15(22)13-12(17)14(21)20-16(23)19-13/h3,5,7,9H,2,4,6,17H2,1H3,(H,18,22)(H2,19,20,21,23). The molecule has 0 aliphatic heterocycles. The van der Waals surface area contributed by atoms with Crippen molar-refractivity contribution in [3.05, 3.63) is 55.9 Å². The quantitative estimate of drug-likeness (QED) is 0.649. The van der Waals surface area contributed by atoms with Gasteiger partial charge < -0.3 is 20.8 Å². The molecular formula is C16H18N4O4. The molecule has 0 spiro atoms. The van der Waals surface area contributed by atoms with Gasteiger partial charge in [-0.1, -0.05) is 12.1 Å². The minimum atomic E-state index is -0.787. The zero-order valence-corrected chi connectivity index (χ0v) is 13.1. The smallest absolute Gasteiger partial charge is 0.326 e. The van der Waals surface area contributed by atoms with Crippen LogP contribution in [0.4, 0.5) is 5.69 Å². The Kier molecular flexibility index (Phi) is 4.11. The van der Waals surface area contributed by atoms with Crippen LogP contribution in [0.15, 0.2) is 27.8 Å². The predicted octanol–water partition coefficient (Wildman–Crippen LogP) is 0.461. The number of H-pyrrole nitrogens is 2. The summed E-state index contributed by atoms with van der Waals surface area (Å²) in [5, 5.41) is 2.84. The number of methoxy groups -OCH3 is 1. The third-order valence-corrected chi connectivity index (χ3v) is 4.18. The van der Waals surface area contributed by atoms with E-state index in [1.54, 1.807) is 7.11 Å². The van der Waals surface area contributed by atoms with Crippen LogP contribution in [-0.2, 0) is 6.42 Å². The number of carbonyl (C=O) groups is 1. The molecule has 8 heteroatoms. The lowest BCUT2D eigenvalue weighted by molar-refractivity contribution is 0.0927. The van der Waals surface area contributed by atoms with Crippen molar-refractivity contribution in [3.63, 3.8) is 0 Å². The van der Waals surface area contributed by atoms with Gasteiger partial charge in [0.15, 0.2) is 0 Å². The van der Waals surface area contributed by atoms with Crippen LogP contribution in [0.1, 0.15) is 40.5 Å². The first-order chi connectivity index (χ1) is 11.5. The summed E-state index contributed by atoms with van der Waals surface area (Å²) in [5.41, 5.74) is 5.53. The molecule has 1 heterocycles. The van der Waals surface area contributed by atoms with Crippen LogP contribution < -0.4 is 27.0 Å². The first kappa shape index (κ1) is 15.9. The topological polar surface area (TPSA) is 130 Å². The Hall–Kier alpha value is -3.03. The van der Waals surface area contributed by atoms with Crippen molar-refractivity contribution in [2.24, 2.45) is 0 Å². The number of aromatic nitrogens is 2. The van der Waals surface area contributed by atoms with Crippen molar-refractivity contribution < 1.29 is 9.53 Å². The molecule has 0 saturated carbocycles. The largest absolute Gasteiger partial charge is 0.496 e. The van der Waals surface area contributed by atoms with E-state index in [1.807, 2.05) is 23.2 Å². The molecule has 0 saturated heterocycles. The second-order valence-electron chi connectivity index (χ2n) is 5.65. The van der Waals surface area contributed by atoms with Gasteiger partial charge in [0.2, 0.25) is 0 Å². The number of benzene rings is 1. The average molecular weight is 330 g/mol. The summed E-state index contributed by atoms with van der Waals surface area (Å²) >= 11 is 0. The normalized spacial score (nSPS) is 16.3. The van der Waals surface area contributed by atoms with Gasteiger partial charge in [0, 0.05) is 5.56 Å². The minimum absolute atomic E-state index is 0.231. The van der Waals surface area contributed by atoms with E-state index in [9.17, 15) is 14.4 Å². The number of hydrogen-bond donors (Lipinski definition) is 4. The van der Waals surface area contributed by atoms with Crippen molar-refractivity contribution in [3.8, 4) is 5.75 Å². The highest BCUT2D eigenvalue weighted by Gasteiger charge is 2.26. The van der Waals surface area contributed by atoms with Gasteiger partial charge in [0.05, 0.1) is 13.2 Å². The molecule has 1 aromatic carbocycles. The van der Waals surface area contributed by atoms with Gasteiger partial charge in [-0.15, -0.1) is 0 Å². The number of fused-ring (bicyclic) bond motifs is 1. The van der Waals surface area contributed by atoms with E-state index in [1.165, 1.54) is 0 Å². The first-order valence-electron chi connectivity index (χ1n) is 7.60. The fourth-order valence-electron chi connectivity index (χ4n) is 3.07. The maximum atomic E-state index is 12.5. The Labute approximate surface area is 137 Å². The Morgan fingerprint density at radius 1 is 1.33 bits per heavy atom. The number of amides is 1. The lowest BCUT2D eigenvalue weighted by atomic mass is 9.87. The first-order valence-corrected chi connectivity index (χ1v) is 7.60. The molecule has 1 unspecified atom stereocenters. The average Bonchev–Trinajstić information content (AvgIpc) is 2.57. The van der Waals surface area contributed by atoms with Crippen LogP contribution in [0, 0.1) is 0 Å². The zero-order valence-electron chi connectivity index (χ0n) is 13.1. The summed E-state index contributed by atoms with van der Waals surface area (Å²) in [4.78, 5) is 39.7. The van der Waals surface area contributed by atoms with Crippen molar-refractivity contribution in [1.29, 1.82) is 0 Å². The van der Waals surface area contributed by atoms with Crippen molar-refractivity contribution in [1.82, 2.24) is 15.3 Å². The van der Waals surface area contributed by atoms with Gasteiger partial charge >= 0.3 is 5.69 Å². The Bertz CT molecular complexity index is 885. The number of hydrogen-bond acceptors (Lipinski definition) is 5.